The Morgan fingerprint density at radius 2 is 2.08 bits per heavy atom. The van der Waals surface area contributed by atoms with Crippen LogP contribution in [-0.2, 0) is 4.79 Å². The fourth-order valence-electron chi connectivity index (χ4n) is 3.79. The molecule has 0 aromatic heterocycles. The highest BCUT2D eigenvalue weighted by atomic mass is 16.1. The predicted molar refractivity (Wildman–Crippen MR) is 50.1 cm³/mol. The van der Waals surface area contributed by atoms with Crippen molar-refractivity contribution < 1.29 is 4.79 Å². The second-order valence-electron chi connectivity index (χ2n) is 5.01. The molecule has 2 unspecified atom stereocenters. The predicted octanol–water partition coefficient (Wildman–Crippen LogP) is 1.62. The van der Waals surface area contributed by atoms with Gasteiger partial charge in [0.15, 0.2) is 0 Å². The van der Waals surface area contributed by atoms with E-state index in [1.807, 2.05) is 0 Å². The molecule has 1 amide bonds. The van der Waals surface area contributed by atoms with E-state index in [0.717, 1.165) is 18.2 Å². The summed E-state index contributed by atoms with van der Waals surface area (Å²) in [6.45, 7) is 0. The summed E-state index contributed by atoms with van der Waals surface area (Å²) in [6.07, 6.45) is 9.60. The van der Waals surface area contributed by atoms with Crippen molar-refractivity contribution in [2.24, 2.45) is 11.8 Å². The van der Waals surface area contributed by atoms with Gasteiger partial charge in [-0.05, 0) is 43.9 Å². The van der Waals surface area contributed by atoms with Crippen LogP contribution in [0, 0.1) is 11.8 Å². The number of carbonyl (C=O) groups excluding carboxylic acids is 1. The maximum atomic E-state index is 10.5. The Morgan fingerprint density at radius 3 is 2.62 bits per heavy atom. The standard InChI is InChI=1S/C11H15NO/c13-7-12-11-4-8-1-9(5-11)3-10(2-8)6-11/h4,7,9-10H,1-3,5-6H2,(H,12,13). The van der Waals surface area contributed by atoms with Crippen LogP contribution < -0.4 is 5.32 Å². The molecule has 70 valence electrons. The van der Waals surface area contributed by atoms with Crippen LogP contribution in [0.2, 0.25) is 0 Å². The fourth-order valence-corrected chi connectivity index (χ4v) is 3.79. The van der Waals surface area contributed by atoms with E-state index in [9.17, 15) is 4.79 Å². The molecule has 4 aliphatic carbocycles. The highest BCUT2D eigenvalue weighted by molar-refractivity contribution is 5.50. The second-order valence-corrected chi connectivity index (χ2v) is 5.01. The van der Waals surface area contributed by atoms with Crippen LogP contribution in [0.15, 0.2) is 11.6 Å². The van der Waals surface area contributed by atoms with E-state index in [2.05, 4.69) is 11.4 Å². The topological polar surface area (TPSA) is 29.1 Å². The number of hydrogen-bond donors (Lipinski definition) is 1. The van der Waals surface area contributed by atoms with Crippen LogP contribution >= 0.6 is 0 Å². The molecule has 0 spiro atoms. The zero-order chi connectivity index (χ0) is 8.89. The van der Waals surface area contributed by atoms with Gasteiger partial charge < -0.3 is 5.32 Å². The van der Waals surface area contributed by atoms with Crippen LogP contribution in [0.4, 0.5) is 0 Å². The van der Waals surface area contributed by atoms with Gasteiger partial charge in [-0.15, -0.1) is 0 Å². The van der Waals surface area contributed by atoms with Crippen molar-refractivity contribution in [3.8, 4) is 0 Å². The van der Waals surface area contributed by atoms with E-state index >= 15 is 0 Å². The molecule has 2 fully saturated rings. The Bertz CT molecular complexity index is 266. The first-order valence-corrected chi connectivity index (χ1v) is 5.22. The lowest BCUT2D eigenvalue weighted by Crippen LogP contribution is -2.53. The summed E-state index contributed by atoms with van der Waals surface area (Å²) in [5, 5.41) is 3.03. The molecule has 2 nitrogen and oxygen atoms in total. The molecule has 4 rings (SSSR count). The van der Waals surface area contributed by atoms with Crippen molar-refractivity contribution in [1.29, 1.82) is 0 Å². The van der Waals surface area contributed by atoms with E-state index in [1.54, 1.807) is 5.57 Å². The zero-order valence-electron chi connectivity index (χ0n) is 7.75. The van der Waals surface area contributed by atoms with Crippen molar-refractivity contribution in [2.45, 2.75) is 37.6 Å². The largest absolute Gasteiger partial charge is 0.350 e. The molecule has 2 saturated carbocycles. The third kappa shape index (κ3) is 1.04. The highest BCUT2D eigenvalue weighted by Crippen LogP contribution is 2.51. The van der Waals surface area contributed by atoms with Gasteiger partial charge >= 0.3 is 0 Å². The number of nitrogens with one attached hydrogen (secondary N) is 1. The molecule has 2 heteroatoms. The molecule has 0 heterocycles. The second kappa shape index (κ2) is 2.37. The molecule has 0 aliphatic heterocycles. The van der Waals surface area contributed by atoms with Crippen molar-refractivity contribution in [2.75, 3.05) is 0 Å². The summed E-state index contributed by atoms with van der Waals surface area (Å²) in [5.74, 6) is 1.72. The monoisotopic (exact) mass is 177 g/mol. The Hall–Kier alpha value is -0.790. The van der Waals surface area contributed by atoms with Crippen molar-refractivity contribution in [3.05, 3.63) is 11.6 Å². The minimum absolute atomic E-state index is 0.0706. The van der Waals surface area contributed by atoms with Crippen LogP contribution in [-0.4, -0.2) is 11.9 Å². The average Bonchev–Trinajstić information content (AvgIpc) is 2.00. The Kier molecular flexibility index (Phi) is 1.38. The Balaban J connectivity index is 1.98. The van der Waals surface area contributed by atoms with Crippen molar-refractivity contribution in [3.63, 3.8) is 0 Å². The van der Waals surface area contributed by atoms with Gasteiger partial charge in [-0.3, -0.25) is 4.79 Å². The van der Waals surface area contributed by atoms with Crippen LogP contribution in [0.1, 0.15) is 32.1 Å². The quantitative estimate of drug-likeness (QED) is 0.504. The van der Waals surface area contributed by atoms with Crippen molar-refractivity contribution in [1.82, 2.24) is 5.32 Å². The summed E-state index contributed by atoms with van der Waals surface area (Å²) >= 11 is 0. The van der Waals surface area contributed by atoms with Gasteiger partial charge in [-0.1, -0.05) is 11.6 Å². The Labute approximate surface area is 78.4 Å². The number of amides is 1. The van der Waals surface area contributed by atoms with Crippen LogP contribution in [0.25, 0.3) is 0 Å². The molecule has 0 aromatic carbocycles. The highest BCUT2D eigenvalue weighted by Gasteiger charge is 2.46. The first-order chi connectivity index (χ1) is 6.30. The van der Waals surface area contributed by atoms with Gasteiger partial charge in [-0.25, -0.2) is 0 Å². The third-order valence-corrected chi connectivity index (χ3v) is 3.90. The van der Waals surface area contributed by atoms with Gasteiger partial charge in [0.1, 0.15) is 0 Å². The molecule has 1 N–H and O–H groups in total. The van der Waals surface area contributed by atoms with Crippen LogP contribution in [0.5, 0.6) is 0 Å². The van der Waals surface area contributed by atoms with E-state index in [1.165, 1.54) is 32.1 Å². The molecule has 4 bridgehead atoms. The summed E-state index contributed by atoms with van der Waals surface area (Å²) in [6, 6.07) is 0. The maximum Gasteiger partial charge on any atom is 0.207 e. The van der Waals surface area contributed by atoms with E-state index in [-0.39, 0.29) is 5.54 Å². The number of carbonyl (C=O) groups is 1. The third-order valence-electron chi connectivity index (χ3n) is 3.90. The molecule has 0 saturated heterocycles. The molecular formula is C11H15NO. The van der Waals surface area contributed by atoms with Gasteiger partial charge in [0.05, 0.1) is 5.54 Å². The van der Waals surface area contributed by atoms with E-state index in [4.69, 9.17) is 0 Å². The maximum absolute atomic E-state index is 10.5. The van der Waals surface area contributed by atoms with Crippen LogP contribution in [0.3, 0.4) is 0 Å². The summed E-state index contributed by atoms with van der Waals surface area (Å²) < 4.78 is 0. The average molecular weight is 177 g/mol. The lowest BCUT2D eigenvalue weighted by molar-refractivity contribution is -0.111. The molecule has 2 atom stereocenters. The Morgan fingerprint density at radius 1 is 1.38 bits per heavy atom. The normalized spacial score (nSPS) is 46.0. The lowest BCUT2D eigenvalue weighted by Gasteiger charge is -2.51. The molecule has 4 aliphatic rings. The smallest absolute Gasteiger partial charge is 0.207 e. The van der Waals surface area contributed by atoms with Gasteiger partial charge in [0, 0.05) is 0 Å². The van der Waals surface area contributed by atoms with E-state index in [0.29, 0.717) is 0 Å². The van der Waals surface area contributed by atoms with Gasteiger partial charge in [-0.2, -0.15) is 0 Å². The minimum atomic E-state index is 0.0706. The minimum Gasteiger partial charge on any atom is -0.350 e. The number of hydrogen-bond acceptors (Lipinski definition) is 1. The molecular weight excluding hydrogens is 162 g/mol. The van der Waals surface area contributed by atoms with Crippen molar-refractivity contribution >= 4 is 6.41 Å². The number of rotatable bonds is 2. The molecule has 0 aromatic rings. The first kappa shape index (κ1) is 7.60. The fraction of sp³-hybridized carbons (Fsp3) is 0.727. The van der Waals surface area contributed by atoms with Gasteiger partial charge in [0.2, 0.25) is 6.41 Å². The van der Waals surface area contributed by atoms with Gasteiger partial charge in [0.25, 0.3) is 0 Å². The molecule has 0 radical (unpaired) electrons. The summed E-state index contributed by atoms with van der Waals surface area (Å²) in [5.41, 5.74) is 1.68. The number of allylic oxidation sites excluding steroid dienone is 1. The molecule has 13 heavy (non-hydrogen) atoms. The summed E-state index contributed by atoms with van der Waals surface area (Å²) in [4.78, 5) is 10.5. The summed E-state index contributed by atoms with van der Waals surface area (Å²) in [7, 11) is 0. The zero-order valence-corrected chi connectivity index (χ0v) is 7.75. The van der Waals surface area contributed by atoms with E-state index < -0.39 is 0 Å². The lowest BCUT2D eigenvalue weighted by atomic mass is 9.58. The first-order valence-electron chi connectivity index (χ1n) is 5.22. The SMILES string of the molecule is O=CNC12C=C3CC(CC(C3)C1)C2.